The molecule has 0 aliphatic heterocycles. The molecule has 0 fully saturated rings. The Morgan fingerprint density at radius 2 is 1.71 bits per heavy atom. The van der Waals surface area contributed by atoms with Gasteiger partial charge in [0, 0.05) is 12.7 Å². The van der Waals surface area contributed by atoms with Crippen LogP contribution in [0.5, 0.6) is 0 Å². The number of carbonyl (C=O) groups excluding carboxylic acids is 2. The zero-order valence-corrected chi connectivity index (χ0v) is 14.9. The topological polar surface area (TPSA) is 64.6 Å². The van der Waals surface area contributed by atoms with E-state index in [9.17, 15) is 9.59 Å². The second-order valence-corrected chi connectivity index (χ2v) is 5.83. The fraction of sp³-hybridized carbons (Fsp3) is 0.579. The minimum atomic E-state index is -0.797. The highest BCUT2D eigenvalue weighted by Crippen LogP contribution is 2.13. The van der Waals surface area contributed by atoms with Gasteiger partial charge in [-0.2, -0.15) is 0 Å². The standard InChI is InChI=1S/C19H29NO4/c1-4-5-6-7-11-14-16(17(23-2)19(22)24-3)20-18(21)15-12-9-8-10-13-15/h8-10,12-13,16-17H,4-7,11,14H2,1-3H3,(H,20,21)/t16-,17+/m1/s1. The van der Waals surface area contributed by atoms with Crippen LogP contribution in [0.1, 0.15) is 55.8 Å². The third kappa shape index (κ3) is 6.71. The van der Waals surface area contributed by atoms with Gasteiger partial charge in [0.2, 0.25) is 0 Å². The average molecular weight is 335 g/mol. The molecular formula is C19H29NO4. The molecule has 0 heterocycles. The number of unbranched alkanes of at least 4 members (excludes halogenated alkanes) is 4. The molecule has 0 aliphatic carbocycles. The van der Waals surface area contributed by atoms with Crippen LogP contribution in [0.4, 0.5) is 0 Å². The molecule has 1 N–H and O–H groups in total. The number of hydrogen-bond acceptors (Lipinski definition) is 4. The summed E-state index contributed by atoms with van der Waals surface area (Å²) in [6.45, 7) is 2.17. The largest absolute Gasteiger partial charge is 0.467 e. The average Bonchev–Trinajstić information content (AvgIpc) is 2.62. The summed E-state index contributed by atoms with van der Waals surface area (Å²) in [5, 5.41) is 2.93. The normalized spacial score (nSPS) is 13.1. The molecule has 1 rings (SSSR count). The maximum absolute atomic E-state index is 12.4. The molecule has 0 spiro atoms. The first-order chi connectivity index (χ1) is 11.6. The van der Waals surface area contributed by atoms with Gasteiger partial charge in [-0.1, -0.05) is 57.2 Å². The Hall–Kier alpha value is -1.88. The van der Waals surface area contributed by atoms with Gasteiger partial charge in [-0.25, -0.2) is 4.79 Å². The van der Waals surface area contributed by atoms with Crippen molar-refractivity contribution in [1.29, 1.82) is 0 Å². The molecule has 5 nitrogen and oxygen atoms in total. The molecule has 0 aliphatic rings. The van der Waals surface area contributed by atoms with Gasteiger partial charge in [-0.05, 0) is 18.6 Å². The highest BCUT2D eigenvalue weighted by Gasteiger charge is 2.30. The lowest BCUT2D eigenvalue weighted by Gasteiger charge is -2.25. The van der Waals surface area contributed by atoms with Crippen molar-refractivity contribution in [3.05, 3.63) is 35.9 Å². The number of esters is 1. The minimum Gasteiger partial charge on any atom is -0.467 e. The molecule has 5 heteroatoms. The van der Waals surface area contributed by atoms with E-state index in [0.29, 0.717) is 12.0 Å². The predicted octanol–water partition coefficient (Wildman–Crippen LogP) is 3.33. The number of carbonyl (C=O) groups is 2. The molecular weight excluding hydrogens is 306 g/mol. The van der Waals surface area contributed by atoms with Crippen LogP contribution in [0.2, 0.25) is 0 Å². The molecule has 0 radical (unpaired) electrons. The second kappa shape index (κ2) is 11.6. The summed E-state index contributed by atoms with van der Waals surface area (Å²) in [6.07, 6.45) is 5.42. The highest BCUT2D eigenvalue weighted by atomic mass is 16.6. The number of hydrogen-bond donors (Lipinski definition) is 1. The number of benzene rings is 1. The Kier molecular flexibility index (Phi) is 9.77. The Morgan fingerprint density at radius 3 is 2.29 bits per heavy atom. The summed E-state index contributed by atoms with van der Waals surface area (Å²) < 4.78 is 10.1. The molecule has 1 aromatic carbocycles. The molecule has 24 heavy (non-hydrogen) atoms. The van der Waals surface area contributed by atoms with E-state index >= 15 is 0 Å². The van der Waals surface area contributed by atoms with Gasteiger partial charge in [-0.3, -0.25) is 4.79 Å². The van der Waals surface area contributed by atoms with E-state index in [2.05, 4.69) is 12.2 Å². The van der Waals surface area contributed by atoms with E-state index < -0.39 is 18.1 Å². The summed E-state index contributed by atoms with van der Waals surface area (Å²) in [5.74, 6) is -0.676. The second-order valence-electron chi connectivity index (χ2n) is 5.83. The highest BCUT2D eigenvalue weighted by molar-refractivity contribution is 5.94. The van der Waals surface area contributed by atoms with Crippen molar-refractivity contribution in [3.8, 4) is 0 Å². The quantitative estimate of drug-likeness (QED) is 0.497. The van der Waals surface area contributed by atoms with E-state index in [0.717, 1.165) is 19.3 Å². The van der Waals surface area contributed by atoms with Crippen LogP contribution in [-0.4, -0.2) is 38.2 Å². The zero-order valence-electron chi connectivity index (χ0n) is 14.9. The van der Waals surface area contributed by atoms with E-state index in [1.165, 1.54) is 27.1 Å². The lowest BCUT2D eigenvalue weighted by molar-refractivity contribution is -0.154. The fourth-order valence-corrected chi connectivity index (χ4v) is 2.65. The number of nitrogens with one attached hydrogen (secondary N) is 1. The maximum Gasteiger partial charge on any atom is 0.337 e. The van der Waals surface area contributed by atoms with E-state index in [1.807, 2.05) is 18.2 Å². The van der Waals surface area contributed by atoms with Crippen molar-refractivity contribution in [1.82, 2.24) is 5.32 Å². The van der Waals surface area contributed by atoms with Crippen molar-refractivity contribution < 1.29 is 19.1 Å². The van der Waals surface area contributed by atoms with Crippen molar-refractivity contribution >= 4 is 11.9 Å². The molecule has 0 aromatic heterocycles. The predicted molar refractivity (Wildman–Crippen MR) is 93.9 cm³/mol. The van der Waals surface area contributed by atoms with Crippen LogP contribution in [0.25, 0.3) is 0 Å². The number of amides is 1. The summed E-state index contributed by atoms with van der Waals surface area (Å²) in [5.41, 5.74) is 0.563. The zero-order chi connectivity index (χ0) is 17.8. The Balaban J connectivity index is 2.72. The van der Waals surface area contributed by atoms with Crippen molar-refractivity contribution in [3.63, 3.8) is 0 Å². The van der Waals surface area contributed by atoms with Crippen molar-refractivity contribution in [2.75, 3.05) is 14.2 Å². The molecule has 1 aromatic rings. The SMILES string of the molecule is CCCCCCC[C@@H](NC(=O)c1ccccc1)[C@H](OC)C(=O)OC. The molecule has 0 bridgehead atoms. The number of rotatable bonds is 11. The van der Waals surface area contributed by atoms with Gasteiger partial charge in [-0.15, -0.1) is 0 Å². The molecule has 1 amide bonds. The minimum absolute atomic E-state index is 0.208. The first-order valence-corrected chi connectivity index (χ1v) is 8.60. The smallest absolute Gasteiger partial charge is 0.337 e. The molecule has 134 valence electrons. The summed E-state index contributed by atoms with van der Waals surface area (Å²) in [6, 6.07) is 8.55. The van der Waals surface area contributed by atoms with Gasteiger partial charge in [0.05, 0.1) is 13.2 Å². The third-order valence-electron chi connectivity index (χ3n) is 4.02. The lowest BCUT2D eigenvalue weighted by atomic mass is 10.0. The van der Waals surface area contributed by atoms with Gasteiger partial charge in [0.25, 0.3) is 5.91 Å². The van der Waals surface area contributed by atoms with E-state index in [-0.39, 0.29) is 5.91 Å². The number of ether oxygens (including phenoxy) is 2. The maximum atomic E-state index is 12.4. The first-order valence-electron chi connectivity index (χ1n) is 8.60. The van der Waals surface area contributed by atoms with Gasteiger partial charge in [0.15, 0.2) is 6.10 Å². The van der Waals surface area contributed by atoms with E-state index in [4.69, 9.17) is 9.47 Å². The lowest BCUT2D eigenvalue weighted by Crippen LogP contribution is -2.48. The Bertz CT molecular complexity index is 489. The summed E-state index contributed by atoms with van der Waals surface area (Å²) >= 11 is 0. The van der Waals surface area contributed by atoms with Crippen molar-refractivity contribution in [2.24, 2.45) is 0 Å². The summed E-state index contributed by atoms with van der Waals surface area (Å²) in [7, 11) is 2.78. The third-order valence-corrected chi connectivity index (χ3v) is 4.02. The number of methoxy groups -OCH3 is 2. The monoisotopic (exact) mass is 335 g/mol. The van der Waals surface area contributed by atoms with Crippen LogP contribution in [-0.2, 0) is 14.3 Å². The van der Waals surface area contributed by atoms with Crippen molar-refractivity contribution in [2.45, 2.75) is 57.6 Å². The fourth-order valence-electron chi connectivity index (χ4n) is 2.65. The Labute approximate surface area is 144 Å². The van der Waals surface area contributed by atoms with Crippen LogP contribution in [0.3, 0.4) is 0 Å². The molecule has 2 atom stereocenters. The van der Waals surface area contributed by atoms with Gasteiger partial charge < -0.3 is 14.8 Å². The molecule has 0 saturated carbocycles. The molecule has 0 saturated heterocycles. The molecule has 0 unspecified atom stereocenters. The van der Waals surface area contributed by atoms with Crippen LogP contribution < -0.4 is 5.32 Å². The summed E-state index contributed by atoms with van der Waals surface area (Å²) in [4.78, 5) is 24.3. The van der Waals surface area contributed by atoms with Gasteiger partial charge >= 0.3 is 5.97 Å². The van der Waals surface area contributed by atoms with Gasteiger partial charge in [0.1, 0.15) is 0 Å². The van der Waals surface area contributed by atoms with E-state index in [1.54, 1.807) is 12.1 Å². The first kappa shape index (κ1) is 20.2. The van der Waals surface area contributed by atoms with Crippen LogP contribution in [0, 0.1) is 0 Å². The van der Waals surface area contributed by atoms with Crippen LogP contribution >= 0.6 is 0 Å². The van der Waals surface area contributed by atoms with Crippen LogP contribution in [0.15, 0.2) is 30.3 Å². The Morgan fingerprint density at radius 1 is 1.04 bits per heavy atom.